The van der Waals surface area contributed by atoms with Crippen LogP contribution in [0.5, 0.6) is 0 Å². The molecule has 0 saturated carbocycles. The summed E-state index contributed by atoms with van der Waals surface area (Å²) in [5.41, 5.74) is 1.62. The fourth-order valence-corrected chi connectivity index (χ4v) is 4.92. The van der Waals surface area contributed by atoms with E-state index in [-0.39, 0.29) is 17.7 Å². The largest absolute Gasteiger partial charge is 0.481 e. The average Bonchev–Trinajstić information content (AvgIpc) is 2.96. The van der Waals surface area contributed by atoms with Gasteiger partial charge in [0.2, 0.25) is 0 Å². The summed E-state index contributed by atoms with van der Waals surface area (Å²) in [5.74, 6) is -0.217. The number of aliphatic carboxylic acids is 1. The van der Waals surface area contributed by atoms with Crippen molar-refractivity contribution < 1.29 is 19.4 Å². The fraction of sp³-hybridized carbons (Fsp3) is 0.684. The minimum absolute atomic E-state index is 0.0189. The summed E-state index contributed by atoms with van der Waals surface area (Å²) in [6.07, 6.45) is 2.82. The monoisotopic (exact) mass is 365 g/mol. The topological polar surface area (TPSA) is 66.8 Å². The number of carboxylic acids is 1. The number of carbonyl (C=O) groups excluding carboxylic acids is 1. The summed E-state index contributed by atoms with van der Waals surface area (Å²) >= 11 is 1.62. The molecule has 0 aromatic carbocycles. The number of morpholine rings is 1. The summed E-state index contributed by atoms with van der Waals surface area (Å²) in [6, 6.07) is 2.07. The van der Waals surface area contributed by atoms with Crippen molar-refractivity contribution in [2.45, 2.75) is 52.6 Å². The lowest BCUT2D eigenvalue weighted by Gasteiger charge is -2.33. The molecule has 3 rings (SSSR count). The third-order valence-corrected chi connectivity index (χ3v) is 6.57. The number of carbonyl (C=O) groups is 2. The van der Waals surface area contributed by atoms with Gasteiger partial charge in [0.15, 0.2) is 0 Å². The minimum Gasteiger partial charge on any atom is -0.481 e. The van der Waals surface area contributed by atoms with Crippen molar-refractivity contribution >= 4 is 23.2 Å². The van der Waals surface area contributed by atoms with Crippen LogP contribution in [0.2, 0.25) is 0 Å². The zero-order chi connectivity index (χ0) is 18.2. The molecule has 1 N–H and O–H groups in total. The summed E-state index contributed by atoms with van der Waals surface area (Å²) < 4.78 is 5.47. The second-order valence-corrected chi connectivity index (χ2v) is 9.34. The first kappa shape index (κ1) is 18.4. The van der Waals surface area contributed by atoms with Crippen molar-refractivity contribution in [1.29, 1.82) is 0 Å². The Morgan fingerprint density at radius 2 is 2.16 bits per heavy atom. The van der Waals surface area contributed by atoms with E-state index in [0.717, 1.165) is 17.7 Å². The fourth-order valence-electron chi connectivity index (χ4n) is 3.75. The summed E-state index contributed by atoms with van der Waals surface area (Å²) in [6.45, 7) is 8.16. The van der Waals surface area contributed by atoms with Crippen LogP contribution in [0.1, 0.15) is 53.7 Å². The molecule has 2 aliphatic rings. The highest BCUT2D eigenvalue weighted by Gasteiger charge is 2.32. The Kier molecular flexibility index (Phi) is 5.21. The summed E-state index contributed by atoms with van der Waals surface area (Å²) in [4.78, 5) is 27.6. The molecule has 1 fully saturated rings. The SMILES string of the molecule is CC(C)(C)C1CCc2sc(C(=O)N3CCOC(CC(=O)O)C3)cc2C1. The highest BCUT2D eigenvalue weighted by Crippen LogP contribution is 2.40. The Balaban J connectivity index is 1.70. The van der Waals surface area contributed by atoms with Crippen LogP contribution in [0.25, 0.3) is 0 Å². The Morgan fingerprint density at radius 1 is 1.40 bits per heavy atom. The van der Waals surface area contributed by atoms with E-state index < -0.39 is 12.1 Å². The molecule has 2 heterocycles. The van der Waals surface area contributed by atoms with E-state index in [4.69, 9.17) is 9.84 Å². The van der Waals surface area contributed by atoms with Crippen molar-refractivity contribution in [1.82, 2.24) is 4.90 Å². The smallest absolute Gasteiger partial charge is 0.306 e. The molecular formula is C19H27NO4S. The van der Waals surface area contributed by atoms with E-state index >= 15 is 0 Å². The van der Waals surface area contributed by atoms with Gasteiger partial charge in [-0.25, -0.2) is 0 Å². The van der Waals surface area contributed by atoms with E-state index in [1.54, 1.807) is 16.2 Å². The number of ether oxygens (including phenoxy) is 1. The number of hydrogen-bond acceptors (Lipinski definition) is 4. The number of fused-ring (bicyclic) bond motifs is 1. The first-order valence-electron chi connectivity index (χ1n) is 8.98. The van der Waals surface area contributed by atoms with Gasteiger partial charge in [-0.2, -0.15) is 0 Å². The number of rotatable bonds is 3. The van der Waals surface area contributed by atoms with Crippen molar-refractivity contribution in [2.75, 3.05) is 19.7 Å². The predicted octanol–water partition coefficient (Wildman–Crippen LogP) is 3.21. The predicted molar refractivity (Wildman–Crippen MR) is 97.2 cm³/mol. The second kappa shape index (κ2) is 7.08. The quantitative estimate of drug-likeness (QED) is 0.893. The van der Waals surface area contributed by atoms with Gasteiger partial charge < -0.3 is 14.7 Å². The number of hydrogen-bond donors (Lipinski definition) is 1. The molecule has 2 unspecified atom stereocenters. The van der Waals surface area contributed by atoms with E-state index in [0.29, 0.717) is 25.6 Å². The molecule has 0 spiro atoms. The molecule has 1 aromatic rings. The molecule has 1 aliphatic heterocycles. The zero-order valence-electron chi connectivity index (χ0n) is 15.2. The van der Waals surface area contributed by atoms with Crippen LogP contribution in [0.4, 0.5) is 0 Å². The van der Waals surface area contributed by atoms with Crippen LogP contribution >= 0.6 is 11.3 Å². The van der Waals surface area contributed by atoms with Crippen LogP contribution in [0, 0.1) is 11.3 Å². The normalized spacial score (nSPS) is 24.0. The van der Waals surface area contributed by atoms with Gasteiger partial charge in [0, 0.05) is 18.0 Å². The molecule has 6 heteroatoms. The maximum Gasteiger partial charge on any atom is 0.306 e. The number of carboxylic acid groups (broad SMARTS) is 1. The van der Waals surface area contributed by atoms with Crippen molar-refractivity contribution in [3.8, 4) is 0 Å². The van der Waals surface area contributed by atoms with Crippen LogP contribution < -0.4 is 0 Å². The van der Waals surface area contributed by atoms with Gasteiger partial charge in [-0.15, -0.1) is 11.3 Å². The molecule has 0 bridgehead atoms. The molecule has 0 radical (unpaired) electrons. The van der Waals surface area contributed by atoms with Crippen LogP contribution in [-0.4, -0.2) is 47.7 Å². The van der Waals surface area contributed by atoms with Gasteiger partial charge in [0.25, 0.3) is 5.91 Å². The molecule has 138 valence electrons. The molecule has 1 amide bonds. The van der Waals surface area contributed by atoms with Gasteiger partial charge in [0.05, 0.1) is 24.0 Å². The Labute approximate surface area is 153 Å². The van der Waals surface area contributed by atoms with Crippen LogP contribution in [0.15, 0.2) is 6.07 Å². The standard InChI is InChI=1S/C19H27NO4S/c1-19(2,3)13-4-5-15-12(8-13)9-16(25-15)18(23)20-6-7-24-14(11-20)10-17(21)22/h9,13-14H,4-8,10-11H2,1-3H3,(H,21,22). The summed E-state index contributed by atoms with van der Waals surface area (Å²) in [7, 11) is 0. The maximum atomic E-state index is 12.9. The van der Waals surface area contributed by atoms with E-state index in [1.165, 1.54) is 16.9 Å². The lowest BCUT2D eigenvalue weighted by Crippen LogP contribution is -2.46. The van der Waals surface area contributed by atoms with E-state index in [9.17, 15) is 9.59 Å². The molecule has 1 saturated heterocycles. The van der Waals surface area contributed by atoms with Gasteiger partial charge in [-0.3, -0.25) is 9.59 Å². The van der Waals surface area contributed by atoms with Crippen molar-refractivity contribution in [3.63, 3.8) is 0 Å². The Hall–Kier alpha value is -1.40. The number of aryl methyl sites for hydroxylation is 1. The number of thiophene rings is 1. The number of amides is 1. The molecular weight excluding hydrogens is 338 g/mol. The van der Waals surface area contributed by atoms with Crippen molar-refractivity contribution in [2.24, 2.45) is 11.3 Å². The van der Waals surface area contributed by atoms with E-state index in [2.05, 4.69) is 26.8 Å². The lowest BCUT2D eigenvalue weighted by molar-refractivity contribution is -0.141. The van der Waals surface area contributed by atoms with Gasteiger partial charge >= 0.3 is 5.97 Å². The van der Waals surface area contributed by atoms with Crippen molar-refractivity contribution in [3.05, 3.63) is 21.4 Å². The van der Waals surface area contributed by atoms with Gasteiger partial charge in [0.1, 0.15) is 0 Å². The molecule has 2 atom stereocenters. The molecule has 1 aliphatic carbocycles. The molecule has 5 nitrogen and oxygen atoms in total. The van der Waals surface area contributed by atoms with Gasteiger partial charge in [-0.1, -0.05) is 20.8 Å². The first-order chi connectivity index (χ1) is 11.7. The highest BCUT2D eigenvalue weighted by atomic mass is 32.1. The second-order valence-electron chi connectivity index (χ2n) is 8.21. The summed E-state index contributed by atoms with van der Waals surface area (Å²) in [5, 5.41) is 8.93. The van der Waals surface area contributed by atoms with Crippen LogP contribution in [0.3, 0.4) is 0 Å². The maximum absolute atomic E-state index is 12.9. The van der Waals surface area contributed by atoms with E-state index in [1.807, 2.05) is 0 Å². The Bertz CT molecular complexity index is 661. The highest BCUT2D eigenvalue weighted by molar-refractivity contribution is 7.14. The first-order valence-corrected chi connectivity index (χ1v) is 9.80. The van der Waals surface area contributed by atoms with Crippen LogP contribution in [-0.2, 0) is 22.4 Å². The lowest BCUT2D eigenvalue weighted by atomic mass is 9.72. The Morgan fingerprint density at radius 3 is 2.84 bits per heavy atom. The average molecular weight is 365 g/mol. The zero-order valence-corrected chi connectivity index (χ0v) is 16.0. The molecule has 1 aromatic heterocycles. The van der Waals surface area contributed by atoms with Gasteiger partial charge in [-0.05, 0) is 42.2 Å². The minimum atomic E-state index is -0.890. The number of nitrogens with zero attached hydrogens (tertiary/aromatic N) is 1. The third-order valence-electron chi connectivity index (χ3n) is 5.35. The third kappa shape index (κ3) is 4.23. The molecule has 25 heavy (non-hydrogen) atoms.